The number of benzene rings is 16. The number of rotatable bonds is 17. The zero-order valence-corrected chi connectivity index (χ0v) is 72.4. The van der Waals surface area contributed by atoms with Gasteiger partial charge in [-0.05, 0) is 210 Å². The normalized spacial score (nSPS) is 10.9. The summed E-state index contributed by atoms with van der Waals surface area (Å²) in [5, 5.41) is 2.46. The molecule has 0 spiro atoms. The number of pyridine rings is 4. The summed E-state index contributed by atoms with van der Waals surface area (Å²) in [6, 6.07) is 150. The van der Waals surface area contributed by atoms with Crippen molar-refractivity contribution in [1.29, 1.82) is 0 Å². The van der Waals surface area contributed by atoms with E-state index in [-0.39, 0.29) is 51.8 Å². The first-order valence-corrected chi connectivity index (χ1v) is 40.8. The molecule has 4 nitrogen and oxygen atoms in total. The number of nitrogens with zero attached hydrogens (tertiary/aromatic N) is 4. The molecule has 596 valence electrons. The Morgan fingerprint density at radius 2 is 0.508 bits per heavy atom. The third-order valence-electron chi connectivity index (χ3n) is 22.5. The van der Waals surface area contributed by atoms with E-state index < -0.39 is 0 Å². The molecule has 0 bridgehead atoms. The standard InChI is InChI=1S/C59H39FN2.C57H37FN2.2Ir/c1-40-34-49(53-17-9-8-16-52(53)48-30-33-58(61-38-48)47-28-31-51(60)32-29-47)36-50(35-40)54-18-10-11-19-55(54)57-39-62-59(46-14-6-3-7-15-46)37-56(57)45-26-24-44(25-27-45)43-22-20-42(21-23-43)41-12-4-2-5-13-41;1-38-31-47(51-16-8-7-15-50(51)46-27-30-56(59-36-46)43-25-28-49(58)29-26-43)34-48(32-38)52-17-9-10-18-53(52)55-37-60-57(42-12-3-2-4-13-42)35-54(55)41-22-19-40(20-23-41)45-24-21-39-11-5-6-14-44(39)33-45;;/h2-14,16-28,30-39H,1H3;2-12,14-25,27-37H,1H3;;/q2*-2;;. The largest absolute Gasteiger partial charge is 0.304 e. The Morgan fingerprint density at radius 3 is 0.887 bits per heavy atom. The van der Waals surface area contributed by atoms with Crippen LogP contribution in [0.15, 0.2) is 425 Å². The van der Waals surface area contributed by atoms with Crippen LogP contribution in [-0.4, -0.2) is 19.9 Å². The van der Waals surface area contributed by atoms with Crippen LogP contribution in [0, 0.1) is 49.7 Å². The molecule has 20 rings (SSSR count). The Kier molecular flexibility index (Phi) is 24.6. The molecule has 0 N–H and O–H groups in total. The van der Waals surface area contributed by atoms with Gasteiger partial charge >= 0.3 is 0 Å². The van der Waals surface area contributed by atoms with E-state index in [0.717, 1.165) is 173 Å². The van der Waals surface area contributed by atoms with Crippen LogP contribution in [0.2, 0.25) is 0 Å². The van der Waals surface area contributed by atoms with Crippen molar-refractivity contribution < 1.29 is 49.0 Å². The molecule has 0 saturated carbocycles. The van der Waals surface area contributed by atoms with Gasteiger partial charge in [0.2, 0.25) is 0 Å². The minimum absolute atomic E-state index is 0. The van der Waals surface area contributed by atoms with Crippen molar-refractivity contribution in [3.05, 3.63) is 472 Å². The molecule has 0 atom stereocenters. The van der Waals surface area contributed by atoms with E-state index in [2.05, 4.69) is 347 Å². The minimum atomic E-state index is -0.316. The van der Waals surface area contributed by atoms with Crippen molar-refractivity contribution in [1.82, 2.24) is 19.9 Å². The van der Waals surface area contributed by atoms with Crippen molar-refractivity contribution >= 4 is 10.8 Å². The van der Waals surface area contributed by atoms with E-state index in [0.29, 0.717) is 0 Å². The van der Waals surface area contributed by atoms with Crippen molar-refractivity contribution in [3.63, 3.8) is 0 Å². The molecule has 4 heterocycles. The molecule has 0 fully saturated rings. The van der Waals surface area contributed by atoms with Gasteiger partial charge in [-0.2, -0.15) is 0 Å². The minimum Gasteiger partial charge on any atom is -0.304 e. The Morgan fingerprint density at radius 1 is 0.194 bits per heavy atom. The van der Waals surface area contributed by atoms with Gasteiger partial charge in [0.15, 0.2) is 0 Å². The van der Waals surface area contributed by atoms with Crippen LogP contribution in [-0.2, 0) is 40.2 Å². The number of aryl methyl sites for hydroxylation is 2. The van der Waals surface area contributed by atoms with E-state index in [9.17, 15) is 8.78 Å². The van der Waals surface area contributed by atoms with Gasteiger partial charge in [-0.1, -0.05) is 297 Å². The number of hydrogen-bond donors (Lipinski definition) is 0. The van der Waals surface area contributed by atoms with Gasteiger partial charge < -0.3 is 19.9 Å². The quantitative estimate of drug-likeness (QED) is 0.0853. The van der Waals surface area contributed by atoms with Gasteiger partial charge in [-0.3, -0.25) is 8.78 Å². The van der Waals surface area contributed by atoms with Crippen LogP contribution < -0.4 is 0 Å². The zero-order chi connectivity index (χ0) is 82.2. The molecule has 20 aromatic rings. The topological polar surface area (TPSA) is 51.6 Å². The van der Waals surface area contributed by atoms with Crippen molar-refractivity contribution in [3.8, 4) is 190 Å². The second-order valence-electron chi connectivity index (χ2n) is 30.5. The second kappa shape index (κ2) is 37.3. The maximum atomic E-state index is 13.6. The maximum absolute atomic E-state index is 13.6. The summed E-state index contributed by atoms with van der Waals surface area (Å²) in [4.78, 5) is 19.6. The number of fused-ring (bicyclic) bond motifs is 1. The summed E-state index contributed by atoms with van der Waals surface area (Å²) >= 11 is 0. The fourth-order valence-corrected chi connectivity index (χ4v) is 16.4. The summed E-state index contributed by atoms with van der Waals surface area (Å²) in [5.74, 6) is -0.632. The van der Waals surface area contributed by atoms with Crippen molar-refractivity contribution in [2.24, 2.45) is 0 Å². The molecule has 0 amide bonds. The number of hydrogen-bond acceptors (Lipinski definition) is 4. The fourth-order valence-electron chi connectivity index (χ4n) is 16.4. The van der Waals surface area contributed by atoms with E-state index in [1.807, 2.05) is 79.4 Å². The SMILES string of the molecule is Cc1cc(-c2ccccc2-c2ccc(-c3[c-]cc(F)cc3)nc2)cc(-c2ccccc2-c2cnc(-c3[c-]cccc3)cc2-c2ccc(-c3ccc(-c4ccccc4)cc3)cc2)c1.Cc1cc(-c2ccccc2-c2ccc(-c3[c-]cc(F)cc3)nc2)cc(-c2ccccc2-c2cnc(-c3[c-]cccc3)cc2-c2ccc(-c3ccc4ccccc4c3)cc2)c1.[Ir].[Ir]. The molecule has 4 aromatic heterocycles. The third kappa shape index (κ3) is 17.8. The molecule has 0 aliphatic heterocycles. The molecule has 0 aliphatic rings. The van der Waals surface area contributed by atoms with Gasteiger partial charge in [-0.15, -0.1) is 131 Å². The summed E-state index contributed by atoms with van der Waals surface area (Å²) in [6.07, 6.45) is 7.81. The van der Waals surface area contributed by atoms with Gasteiger partial charge in [0.25, 0.3) is 0 Å². The second-order valence-corrected chi connectivity index (χ2v) is 30.5. The predicted molar refractivity (Wildman–Crippen MR) is 499 cm³/mol. The monoisotopic (exact) mass is 1950 g/mol. The summed E-state index contributed by atoms with van der Waals surface area (Å²) in [7, 11) is 0. The van der Waals surface area contributed by atoms with Crippen LogP contribution in [0.4, 0.5) is 8.78 Å². The van der Waals surface area contributed by atoms with Gasteiger partial charge in [0.1, 0.15) is 0 Å². The average Bonchev–Trinajstić information content (AvgIpc) is 0.769. The van der Waals surface area contributed by atoms with Gasteiger partial charge in [-0.25, -0.2) is 0 Å². The van der Waals surface area contributed by atoms with Crippen molar-refractivity contribution in [2.45, 2.75) is 13.8 Å². The predicted octanol–water partition coefficient (Wildman–Crippen LogP) is 30.5. The molecule has 0 aliphatic carbocycles. The first kappa shape index (κ1) is 81.9. The molecule has 0 unspecified atom stereocenters. The average molecular weight is 1950 g/mol. The third-order valence-corrected chi connectivity index (χ3v) is 22.5. The van der Waals surface area contributed by atoms with Gasteiger partial charge in [0.05, 0.1) is 0 Å². The van der Waals surface area contributed by atoms with E-state index in [4.69, 9.17) is 19.9 Å². The van der Waals surface area contributed by atoms with E-state index in [1.54, 1.807) is 12.1 Å². The van der Waals surface area contributed by atoms with Crippen LogP contribution in [0.1, 0.15) is 11.1 Å². The molecule has 124 heavy (non-hydrogen) atoms. The first-order valence-electron chi connectivity index (χ1n) is 40.8. The molecule has 8 heteroatoms. The van der Waals surface area contributed by atoms with Crippen LogP contribution in [0.5, 0.6) is 0 Å². The van der Waals surface area contributed by atoms with E-state index in [1.165, 1.54) is 62.9 Å². The zero-order valence-electron chi connectivity index (χ0n) is 67.6. The maximum Gasteiger partial charge on any atom is 0.0379 e. The molecular formula is C116H76F2Ir2N4-4. The molecule has 16 aromatic carbocycles. The number of aromatic nitrogens is 4. The van der Waals surface area contributed by atoms with Crippen LogP contribution in [0.3, 0.4) is 0 Å². The summed E-state index contributed by atoms with van der Waals surface area (Å²) in [5.41, 5.74) is 37.8. The smallest absolute Gasteiger partial charge is 0.0379 e. The van der Waals surface area contributed by atoms with Gasteiger partial charge in [0, 0.05) is 87.8 Å². The fraction of sp³-hybridized carbons (Fsp3) is 0.0172. The van der Waals surface area contributed by atoms with Crippen LogP contribution >= 0.6 is 0 Å². The Hall–Kier alpha value is -14.5. The molecular weight excluding hydrogens is 1870 g/mol. The Balaban J connectivity index is 0.000000173. The first-order chi connectivity index (χ1) is 60.1. The Bertz CT molecular complexity index is 7150. The molecule has 0 saturated heterocycles. The Labute approximate surface area is 749 Å². The summed E-state index contributed by atoms with van der Waals surface area (Å²) < 4.78 is 27.1. The molecule has 2 radical (unpaired) electrons. The summed E-state index contributed by atoms with van der Waals surface area (Å²) in [6.45, 7) is 4.31. The van der Waals surface area contributed by atoms with E-state index >= 15 is 0 Å². The van der Waals surface area contributed by atoms with Crippen LogP contribution in [0.25, 0.3) is 200 Å². The van der Waals surface area contributed by atoms with Crippen molar-refractivity contribution in [2.75, 3.05) is 0 Å². The number of halogens is 2.